The molecule has 1 aromatic heterocycles. The average molecular weight is 525 g/mol. The van der Waals surface area contributed by atoms with Crippen LogP contribution in [0.2, 0.25) is 0 Å². The molecule has 1 aliphatic carbocycles. The van der Waals surface area contributed by atoms with E-state index in [1.165, 1.54) is 0 Å². The standard InChI is InChI=1S/C21H20INO7/c1-3-27-20(26)17-16(23-12(2)28-17)13-8-4-5-9-14(13)22-15-18(24)29-21(30-19(15)25)10-6-7-11-21/h4-5,8-9H,3,6-7,10-11H2,1-2H3. The summed E-state index contributed by atoms with van der Waals surface area (Å²) in [6, 6.07) is 7.16. The summed E-state index contributed by atoms with van der Waals surface area (Å²) in [4.78, 5) is 41.9. The molecule has 0 radical (unpaired) electrons. The van der Waals surface area contributed by atoms with Crippen molar-refractivity contribution in [3.63, 3.8) is 0 Å². The highest BCUT2D eigenvalue weighted by atomic mass is 127. The molecule has 1 aliphatic heterocycles. The van der Waals surface area contributed by atoms with Crippen LogP contribution in [0.25, 0.3) is 11.3 Å². The number of rotatable bonds is 4. The molecule has 2 fully saturated rings. The fourth-order valence-corrected chi connectivity index (χ4v) is 5.86. The number of oxazole rings is 1. The molecule has 0 unspecified atom stereocenters. The molecule has 0 atom stereocenters. The van der Waals surface area contributed by atoms with Crippen LogP contribution < -0.4 is 0 Å². The summed E-state index contributed by atoms with van der Waals surface area (Å²) < 4.78 is 22.4. The van der Waals surface area contributed by atoms with Crippen LogP contribution in [-0.2, 0) is 23.8 Å². The van der Waals surface area contributed by atoms with Crippen molar-refractivity contribution in [1.29, 1.82) is 0 Å². The van der Waals surface area contributed by atoms with E-state index in [1.54, 1.807) is 38.1 Å². The van der Waals surface area contributed by atoms with Gasteiger partial charge in [0.15, 0.2) is 9.40 Å². The van der Waals surface area contributed by atoms with Crippen LogP contribution in [0.3, 0.4) is 0 Å². The average Bonchev–Trinajstić information content (AvgIpc) is 3.32. The Morgan fingerprint density at radius 2 is 1.83 bits per heavy atom. The number of aryl methyl sites for hydroxylation is 1. The fourth-order valence-electron chi connectivity index (χ4n) is 3.51. The van der Waals surface area contributed by atoms with Gasteiger partial charge >= 0.3 is 17.9 Å². The molecule has 0 N–H and O–H groups in total. The van der Waals surface area contributed by atoms with E-state index in [2.05, 4.69) is 4.98 Å². The molecule has 158 valence electrons. The van der Waals surface area contributed by atoms with E-state index in [4.69, 9.17) is 18.6 Å². The number of halogens is 1. The number of benzene rings is 1. The molecule has 0 bridgehead atoms. The van der Waals surface area contributed by atoms with Gasteiger partial charge in [0.1, 0.15) is 5.69 Å². The summed E-state index contributed by atoms with van der Waals surface area (Å²) in [6.45, 7) is 3.54. The van der Waals surface area contributed by atoms with Crippen molar-refractivity contribution in [1.82, 2.24) is 4.98 Å². The van der Waals surface area contributed by atoms with Crippen molar-refractivity contribution >= 4 is 42.1 Å². The second kappa shape index (κ2) is 8.29. The van der Waals surface area contributed by atoms with Crippen LogP contribution in [-0.4, -0.2) is 38.8 Å². The fraction of sp³-hybridized carbons (Fsp3) is 0.381. The van der Waals surface area contributed by atoms with Crippen molar-refractivity contribution in [2.45, 2.75) is 45.3 Å². The van der Waals surface area contributed by atoms with Crippen LogP contribution in [0.15, 0.2) is 28.7 Å². The summed E-state index contributed by atoms with van der Waals surface area (Å²) in [5.74, 6) is -2.63. The lowest BCUT2D eigenvalue weighted by Crippen LogP contribution is -2.48. The van der Waals surface area contributed by atoms with Crippen molar-refractivity contribution in [3.05, 3.63) is 39.5 Å². The Labute approximate surface area is 182 Å². The van der Waals surface area contributed by atoms with Gasteiger partial charge in [-0.15, -0.1) is 0 Å². The Morgan fingerprint density at radius 1 is 1.17 bits per heavy atom. The minimum atomic E-state index is -1.25. The monoisotopic (exact) mass is 525 g/mol. The first kappa shape index (κ1) is 20.7. The number of ether oxygens (including phenoxy) is 3. The Hall–Kier alpha value is -2.56. The molecule has 1 aromatic carbocycles. The molecular weight excluding hydrogens is 505 g/mol. The SMILES string of the molecule is CCOC(=O)c1oc(C)nc1-c1ccccc1I=C1C(=O)OC2(CCCC2)OC1=O. The molecule has 2 aromatic rings. The van der Waals surface area contributed by atoms with Gasteiger partial charge in [-0.05, 0) is 25.8 Å². The van der Waals surface area contributed by atoms with E-state index in [0.29, 0.717) is 30.0 Å². The van der Waals surface area contributed by atoms with Crippen molar-refractivity contribution in [2.24, 2.45) is 0 Å². The lowest BCUT2D eigenvalue weighted by atomic mass is 10.1. The van der Waals surface area contributed by atoms with Gasteiger partial charge in [-0.25, -0.2) is 19.4 Å². The van der Waals surface area contributed by atoms with Gasteiger partial charge in [0, 0.05) is 28.9 Å². The smallest absolute Gasteiger partial charge is 0.376 e. The van der Waals surface area contributed by atoms with E-state index in [9.17, 15) is 14.4 Å². The number of carbonyl (C=O) groups excluding carboxylic acids is 3. The third-order valence-corrected chi connectivity index (χ3v) is 7.74. The predicted molar refractivity (Wildman–Crippen MR) is 114 cm³/mol. The van der Waals surface area contributed by atoms with Gasteiger partial charge in [0.25, 0.3) is 5.79 Å². The molecule has 2 aliphatic rings. The number of carbonyl (C=O) groups is 3. The van der Waals surface area contributed by atoms with E-state index in [-0.39, 0.29) is 15.9 Å². The number of nitrogens with zero attached hydrogens (tertiary/aromatic N) is 1. The zero-order valence-electron chi connectivity index (χ0n) is 16.5. The molecule has 0 amide bonds. The largest absolute Gasteiger partial charge is 0.460 e. The summed E-state index contributed by atoms with van der Waals surface area (Å²) in [5, 5.41) is 0. The van der Waals surface area contributed by atoms with Crippen LogP contribution >= 0.6 is 20.7 Å². The molecule has 9 heteroatoms. The molecule has 4 rings (SSSR count). The predicted octanol–water partition coefficient (Wildman–Crippen LogP) is 3.51. The van der Waals surface area contributed by atoms with Gasteiger partial charge < -0.3 is 18.6 Å². The highest BCUT2D eigenvalue weighted by molar-refractivity contribution is 14.2. The minimum absolute atomic E-state index is 0.00508. The van der Waals surface area contributed by atoms with E-state index >= 15 is 0 Å². The number of hydrogen-bond acceptors (Lipinski definition) is 8. The summed E-state index contributed by atoms with van der Waals surface area (Å²) >= 11 is -1.25. The zero-order chi connectivity index (χ0) is 21.3. The maximum atomic E-state index is 12.6. The van der Waals surface area contributed by atoms with Crippen LogP contribution in [0.4, 0.5) is 0 Å². The van der Waals surface area contributed by atoms with Crippen LogP contribution in [0.1, 0.15) is 49.1 Å². The first-order valence-electron chi connectivity index (χ1n) is 9.65. The van der Waals surface area contributed by atoms with Gasteiger partial charge in [-0.3, -0.25) is 0 Å². The molecule has 1 saturated heterocycles. The molecular formula is C21H20INO7. The molecule has 1 spiro atoms. The topological polar surface area (TPSA) is 105 Å². The quantitative estimate of drug-likeness (QED) is 0.442. The Morgan fingerprint density at radius 3 is 2.50 bits per heavy atom. The second-order valence-corrected chi connectivity index (χ2v) is 9.70. The molecule has 30 heavy (non-hydrogen) atoms. The van der Waals surface area contributed by atoms with Crippen LogP contribution in [0, 0.1) is 10.5 Å². The summed E-state index contributed by atoms with van der Waals surface area (Å²) in [7, 11) is 0. The Kier molecular flexibility index (Phi) is 5.72. The number of aromatic nitrogens is 1. The maximum absolute atomic E-state index is 12.6. The van der Waals surface area contributed by atoms with Crippen molar-refractivity contribution in [2.75, 3.05) is 6.61 Å². The first-order chi connectivity index (χ1) is 14.4. The lowest BCUT2D eigenvalue weighted by Gasteiger charge is -2.32. The highest BCUT2D eigenvalue weighted by Gasteiger charge is 2.48. The van der Waals surface area contributed by atoms with E-state index < -0.39 is 44.4 Å². The van der Waals surface area contributed by atoms with Gasteiger partial charge in [-0.1, -0.05) is 38.9 Å². The summed E-state index contributed by atoms with van der Waals surface area (Å²) in [5.41, 5.74) is 0.936. The minimum Gasteiger partial charge on any atom is -0.460 e. The maximum Gasteiger partial charge on any atom is 0.376 e. The van der Waals surface area contributed by atoms with E-state index in [0.717, 1.165) is 16.4 Å². The van der Waals surface area contributed by atoms with Crippen LogP contribution in [0.5, 0.6) is 0 Å². The van der Waals surface area contributed by atoms with Gasteiger partial charge in [-0.2, -0.15) is 0 Å². The molecule has 1 saturated carbocycles. The Balaban J connectivity index is 1.73. The number of esters is 3. The normalized spacial score (nSPS) is 17.7. The third-order valence-electron chi connectivity index (χ3n) is 4.80. The highest BCUT2D eigenvalue weighted by Crippen LogP contribution is 2.39. The number of hydrogen-bond donors (Lipinski definition) is 0. The van der Waals surface area contributed by atoms with Crippen molar-refractivity contribution in [3.8, 4) is 11.3 Å². The van der Waals surface area contributed by atoms with E-state index in [1.807, 2.05) is 0 Å². The molecule has 8 nitrogen and oxygen atoms in total. The van der Waals surface area contributed by atoms with Gasteiger partial charge in [0.2, 0.25) is 5.76 Å². The molecule has 2 heterocycles. The first-order valence-corrected chi connectivity index (χ1v) is 11.8. The van der Waals surface area contributed by atoms with Gasteiger partial charge in [0.05, 0.1) is 6.61 Å². The third kappa shape index (κ3) is 3.90. The van der Waals surface area contributed by atoms with Crippen molar-refractivity contribution < 1.29 is 33.0 Å². The zero-order valence-corrected chi connectivity index (χ0v) is 18.7. The second-order valence-electron chi connectivity index (χ2n) is 6.92. The summed E-state index contributed by atoms with van der Waals surface area (Å²) in [6.07, 6.45) is 2.79. The lowest BCUT2D eigenvalue weighted by molar-refractivity contribution is -0.224. The Bertz CT molecular complexity index is 1030.